The van der Waals surface area contributed by atoms with Crippen LogP contribution in [0.3, 0.4) is 0 Å². The van der Waals surface area contributed by atoms with Crippen LogP contribution in [0.5, 0.6) is 0 Å². The molecule has 20 heavy (non-hydrogen) atoms. The van der Waals surface area contributed by atoms with Crippen molar-refractivity contribution in [2.45, 2.75) is 13.1 Å². The zero-order valence-electron chi connectivity index (χ0n) is 10.8. The lowest BCUT2D eigenvalue weighted by atomic mass is 10.4. The van der Waals surface area contributed by atoms with Crippen molar-refractivity contribution in [3.8, 4) is 0 Å². The minimum atomic E-state index is -2.65. The van der Waals surface area contributed by atoms with E-state index < -0.39 is 6.55 Å². The molecule has 0 fully saturated rings. The van der Waals surface area contributed by atoms with Crippen molar-refractivity contribution >= 4 is 21.6 Å². The minimum Gasteiger partial charge on any atom is -0.365 e. The van der Waals surface area contributed by atoms with Crippen molar-refractivity contribution in [1.82, 2.24) is 19.3 Å². The molecule has 0 amide bonds. The standard InChI is InChI=1S/C11H12BrF2N5O/c1-17(6-8-15-3-4-19(8)11(13)14)7-5-16-18(2)10(20)9(7)12/h3-5,11H,6H2,1-2H3. The van der Waals surface area contributed by atoms with Crippen molar-refractivity contribution in [2.75, 3.05) is 11.9 Å². The van der Waals surface area contributed by atoms with Gasteiger partial charge in [0.15, 0.2) is 0 Å². The molecule has 0 unspecified atom stereocenters. The van der Waals surface area contributed by atoms with Gasteiger partial charge in [-0.15, -0.1) is 0 Å². The molecule has 2 rings (SSSR count). The van der Waals surface area contributed by atoms with E-state index in [1.165, 1.54) is 30.3 Å². The fourth-order valence-corrected chi connectivity index (χ4v) is 2.37. The molecular weight excluding hydrogens is 336 g/mol. The molecule has 0 bridgehead atoms. The summed E-state index contributed by atoms with van der Waals surface area (Å²) in [7, 11) is 3.20. The minimum absolute atomic E-state index is 0.130. The van der Waals surface area contributed by atoms with E-state index in [0.29, 0.717) is 10.2 Å². The van der Waals surface area contributed by atoms with Crippen LogP contribution in [-0.2, 0) is 13.6 Å². The van der Waals surface area contributed by atoms with Gasteiger partial charge < -0.3 is 4.90 Å². The number of hydrogen-bond donors (Lipinski definition) is 0. The summed E-state index contributed by atoms with van der Waals surface area (Å²) in [5.41, 5.74) is 0.212. The highest BCUT2D eigenvalue weighted by Crippen LogP contribution is 2.22. The summed E-state index contributed by atoms with van der Waals surface area (Å²) in [6, 6.07) is 0. The first-order valence-electron chi connectivity index (χ1n) is 5.64. The van der Waals surface area contributed by atoms with Gasteiger partial charge in [-0.3, -0.25) is 9.36 Å². The molecule has 0 saturated carbocycles. The highest BCUT2D eigenvalue weighted by Gasteiger charge is 2.16. The SMILES string of the molecule is CN(Cc1nccn1C(F)F)c1cnn(C)c(=O)c1Br. The Labute approximate surface area is 121 Å². The predicted octanol–water partition coefficient (Wildman–Crippen LogP) is 1.77. The molecule has 108 valence electrons. The van der Waals surface area contributed by atoms with Crippen LogP contribution < -0.4 is 10.5 Å². The number of alkyl halides is 2. The zero-order chi connectivity index (χ0) is 14.9. The van der Waals surface area contributed by atoms with Gasteiger partial charge in [0.05, 0.1) is 18.4 Å². The molecule has 0 radical (unpaired) electrons. The van der Waals surface area contributed by atoms with Crippen LogP contribution in [0.1, 0.15) is 12.4 Å². The largest absolute Gasteiger partial charge is 0.365 e. The number of aromatic nitrogens is 4. The maximum Gasteiger partial charge on any atom is 0.319 e. The summed E-state index contributed by atoms with van der Waals surface area (Å²) in [5.74, 6) is 0.204. The molecule has 0 aliphatic rings. The second kappa shape index (κ2) is 5.70. The number of hydrogen-bond acceptors (Lipinski definition) is 4. The molecule has 0 spiro atoms. The Morgan fingerprint density at radius 2 is 2.20 bits per heavy atom. The Bertz CT molecular complexity index is 669. The van der Waals surface area contributed by atoms with Gasteiger partial charge in [0.1, 0.15) is 10.3 Å². The average molecular weight is 348 g/mol. The van der Waals surface area contributed by atoms with E-state index in [4.69, 9.17) is 0 Å². The first-order chi connectivity index (χ1) is 9.41. The number of imidazole rings is 1. The van der Waals surface area contributed by atoms with Crippen LogP contribution in [-0.4, -0.2) is 26.4 Å². The van der Waals surface area contributed by atoms with Crippen LogP contribution in [0.4, 0.5) is 14.5 Å². The fourth-order valence-electron chi connectivity index (χ4n) is 1.71. The number of halogens is 3. The monoisotopic (exact) mass is 347 g/mol. The lowest BCUT2D eigenvalue weighted by molar-refractivity contribution is 0.0670. The molecule has 2 aromatic heterocycles. The van der Waals surface area contributed by atoms with E-state index >= 15 is 0 Å². The molecular formula is C11H12BrF2N5O. The smallest absolute Gasteiger partial charge is 0.319 e. The third-order valence-electron chi connectivity index (χ3n) is 2.81. The van der Waals surface area contributed by atoms with Crippen LogP contribution in [0.25, 0.3) is 0 Å². The van der Waals surface area contributed by atoms with Gasteiger partial charge in [0.2, 0.25) is 0 Å². The van der Waals surface area contributed by atoms with E-state index in [2.05, 4.69) is 26.0 Å². The lowest BCUT2D eigenvalue weighted by Gasteiger charge is -2.20. The lowest BCUT2D eigenvalue weighted by Crippen LogP contribution is -2.26. The van der Waals surface area contributed by atoms with Gasteiger partial charge in [-0.1, -0.05) is 0 Å². The normalized spacial score (nSPS) is 11.1. The number of nitrogens with zero attached hydrogens (tertiary/aromatic N) is 5. The summed E-state index contributed by atoms with van der Waals surface area (Å²) in [6.45, 7) is -2.52. The van der Waals surface area contributed by atoms with Gasteiger partial charge in [0, 0.05) is 26.5 Å². The maximum atomic E-state index is 12.7. The third kappa shape index (κ3) is 2.72. The molecule has 0 saturated heterocycles. The highest BCUT2D eigenvalue weighted by atomic mass is 79.9. The van der Waals surface area contributed by atoms with E-state index in [9.17, 15) is 13.6 Å². The van der Waals surface area contributed by atoms with E-state index in [1.807, 2.05) is 0 Å². The summed E-state index contributed by atoms with van der Waals surface area (Å²) >= 11 is 3.19. The Balaban J connectivity index is 2.29. The number of rotatable bonds is 4. The van der Waals surface area contributed by atoms with Gasteiger partial charge in [-0.25, -0.2) is 9.67 Å². The molecule has 0 atom stereocenters. The number of aryl methyl sites for hydroxylation is 1. The Kier molecular flexibility index (Phi) is 4.17. The van der Waals surface area contributed by atoms with Crippen molar-refractivity contribution < 1.29 is 8.78 Å². The molecule has 0 aliphatic carbocycles. The molecule has 2 aromatic rings. The van der Waals surface area contributed by atoms with Crippen molar-refractivity contribution in [3.63, 3.8) is 0 Å². The summed E-state index contributed by atoms with van der Waals surface area (Å²) in [6.07, 6.45) is 4.01. The van der Waals surface area contributed by atoms with Gasteiger partial charge in [-0.05, 0) is 15.9 Å². The van der Waals surface area contributed by atoms with E-state index in [-0.39, 0.29) is 17.9 Å². The van der Waals surface area contributed by atoms with Crippen LogP contribution in [0, 0.1) is 0 Å². The first-order valence-corrected chi connectivity index (χ1v) is 6.44. The Morgan fingerprint density at radius 1 is 1.50 bits per heavy atom. The second-order valence-corrected chi connectivity index (χ2v) is 4.95. The zero-order valence-corrected chi connectivity index (χ0v) is 12.4. The maximum absolute atomic E-state index is 12.7. The van der Waals surface area contributed by atoms with Gasteiger partial charge in [0.25, 0.3) is 5.56 Å². The van der Waals surface area contributed by atoms with Gasteiger partial charge >= 0.3 is 6.55 Å². The molecule has 0 N–H and O–H groups in total. The van der Waals surface area contributed by atoms with Crippen LogP contribution in [0.2, 0.25) is 0 Å². The predicted molar refractivity (Wildman–Crippen MR) is 72.8 cm³/mol. The Hall–Kier alpha value is -1.77. The van der Waals surface area contributed by atoms with E-state index in [1.54, 1.807) is 11.9 Å². The van der Waals surface area contributed by atoms with E-state index in [0.717, 1.165) is 4.57 Å². The van der Waals surface area contributed by atoms with Crippen LogP contribution in [0.15, 0.2) is 27.9 Å². The van der Waals surface area contributed by atoms with Crippen molar-refractivity contribution in [2.24, 2.45) is 7.05 Å². The molecule has 9 heteroatoms. The average Bonchev–Trinajstić information content (AvgIpc) is 2.84. The fraction of sp³-hybridized carbons (Fsp3) is 0.364. The molecule has 0 aliphatic heterocycles. The topological polar surface area (TPSA) is 56.0 Å². The second-order valence-electron chi connectivity index (χ2n) is 4.16. The third-order valence-corrected chi connectivity index (χ3v) is 3.55. The summed E-state index contributed by atoms with van der Waals surface area (Å²) < 4.78 is 27.8. The highest BCUT2D eigenvalue weighted by molar-refractivity contribution is 9.10. The molecule has 0 aromatic carbocycles. The van der Waals surface area contributed by atoms with Gasteiger partial charge in [-0.2, -0.15) is 13.9 Å². The molecule has 2 heterocycles. The number of anilines is 1. The summed E-state index contributed by atoms with van der Waals surface area (Å²) in [4.78, 5) is 17.3. The Morgan fingerprint density at radius 3 is 2.85 bits per heavy atom. The van der Waals surface area contributed by atoms with Crippen molar-refractivity contribution in [3.05, 3.63) is 39.2 Å². The quantitative estimate of drug-likeness (QED) is 0.845. The van der Waals surface area contributed by atoms with Crippen molar-refractivity contribution in [1.29, 1.82) is 0 Å². The first kappa shape index (κ1) is 14.6. The van der Waals surface area contributed by atoms with Crippen LogP contribution >= 0.6 is 15.9 Å². The summed E-state index contributed by atoms with van der Waals surface area (Å²) in [5, 5.41) is 3.90. The molecule has 6 nitrogen and oxygen atoms in total.